The molecule has 0 fully saturated rings. The average molecular weight is 433 g/mol. The average Bonchev–Trinajstić information content (AvgIpc) is 2.91. The van der Waals surface area contributed by atoms with E-state index in [1.807, 2.05) is 0 Å². The third kappa shape index (κ3) is 2.85. The number of fused-ring (bicyclic) bond motifs is 4. The minimum Gasteiger partial charge on any atom is -0.0757 e. The maximum absolute atomic E-state index is 2.45. The second-order valence-electron chi connectivity index (χ2n) is 9.18. The van der Waals surface area contributed by atoms with Crippen LogP contribution in [0.1, 0.15) is 23.1 Å². The third-order valence-electron chi connectivity index (χ3n) is 7.33. The summed E-state index contributed by atoms with van der Waals surface area (Å²) < 4.78 is 0. The summed E-state index contributed by atoms with van der Waals surface area (Å²) in [6, 6.07) is 42.3. The Morgan fingerprint density at radius 3 is 1.68 bits per heavy atom. The highest BCUT2D eigenvalue weighted by Gasteiger charge is 2.21. The van der Waals surface area contributed by atoms with Crippen LogP contribution in [0.25, 0.3) is 49.0 Å². The second-order valence-corrected chi connectivity index (χ2v) is 9.18. The quantitative estimate of drug-likeness (QED) is 0.239. The third-order valence-corrected chi connectivity index (χ3v) is 7.33. The highest BCUT2D eigenvalue weighted by atomic mass is 14.2. The van der Waals surface area contributed by atoms with E-state index in [1.54, 1.807) is 0 Å². The molecule has 7 rings (SSSR count). The minimum atomic E-state index is 1.08. The zero-order valence-electron chi connectivity index (χ0n) is 19.0. The Hall–Kier alpha value is -4.16. The first-order valence-corrected chi connectivity index (χ1v) is 12.1. The smallest absolute Gasteiger partial charge is 0.00201 e. The van der Waals surface area contributed by atoms with Gasteiger partial charge < -0.3 is 0 Å². The molecule has 0 radical (unpaired) electrons. The van der Waals surface area contributed by atoms with E-state index in [0.717, 1.165) is 12.8 Å². The first-order chi connectivity index (χ1) is 16.9. The predicted molar refractivity (Wildman–Crippen MR) is 146 cm³/mol. The lowest BCUT2D eigenvalue weighted by atomic mass is 9.80. The largest absolute Gasteiger partial charge is 0.0757 e. The Labute approximate surface area is 199 Å². The number of rotatable bonds is 2. The van der Waals surface area contributed by atoms with Crippen molar-refractivity contribution in [3.63, 3.8) is 0 Å². The van der Waals surface area contributed by atoms with Gasteiger partial charge in [-0.25, -0.2) is 0 Å². The van der Waals surface area contributed by atoms with Crippen LogP contribution in [0.5, 0.6) is 0 Å². The van der Waals surface area contributed by atoms with E-state index in [-0.39, 0.29) is 0 Å². The number of allylic oxidation sites excluding steroid dienone is 1. The van der Waals surface area contributed by atoms with Crippen molar-refractivity contribution in [1.29, 1.82) is 0 Å². The van der Waals surface area contributed by atoms with Crippen LogP contribution in [0.4, 0.5) is 0 Å². The van der Waals surface area contributed by atoms with Crippen molar-refractivity contribution in [3.8, 4) is 11.1 Å². The fraction of sp³-hybridized carbons (Fsp3) is 0.0588. The van der Waals surface area contributed by atoms with Crippen LogP contribution in [0.15, 0.2) is 121 Å². The molecular weight excluding hydrogens is 408 g/mol. The highest BCUT2D eigenvalue weighted by molar-refractivity contribution is 6.22. The Kier molecular flexibility index (Phi) is 4.38. The van der Waals surface area contributed by atoms with Gasteiger partial charge in [0.2, 0.25) is 0 Å². The molecule has 0 N–H and O–H groups in total. The van der Waals surface area contributed by atoms with E-state index in [2.05, 4.69) is 121 Å². The Balaban J connectivity index is 1.65. The first kappa shape index (κ1) is 19.3. The number of benzene rings is 6. The summed E-state index contributed by atoms with van der Waals surface area (Å²) in [4.78, 5) is 0. The highest BCUT2D eigenvalue weighted by Crippen LogP contribution is 2.45. The van der Waals surface area contributed by atoms with Crippen molar-refractivity contribution in [1.82, 2.24) is 0 Å². The van der Waals surface area contributed by atoms with Crippen molar-refractivity contribution < 1.29 is 0 Å². The molecule has 0 nitrogen and oxygen atoms in total. The molecule has 1 aliphatic carbocycles. The van der Waals surface area contributed by atoms with Crippen molar-refractivity contribution in [2.75, 3.05) is 0 Å². The Bertz CT molecular complexity index is 1690. The SMILES string of the molecule is C1=C(c2c3ccccc3c(-c3cccc4ccccc34)c3ccccc23)c2ccccc2CC1. The summed E-state index contributed by atoms with van der Waals surface area (Å²) in [6.45, 7) is 0. The van der Waals surface area contributed by atoms with Gasteiger partial charge in [0.25, 0.3) is 0 Å². The molecule has 0 spiro atoms. The summed E-state index contributed by atoms with van der Waals surface area (Å²) >= 11 is 0. The molecule has 6 aromatic rings. The summed E-state index contributed by atoms with van der Waals surface area (Å²) in [6.07, 6.45) is 4.65. The molecular formula is C34H24. The minimum absolute atomic E-state index is 1.08. The van der Waals surface area contributed by atoms with Crippen molar-refractivity contribution in [3.05, 3.63) is 138 Å². The normalized spacial score (nSPS) is 13.2. The molecule has 6 aromatic carbocycles. The van der Waals surface area contributed by atoms with E-state index in [9.17, 15) is 0 Å². The summed E-state index contributed by atoms with van der Waals surface area (Å²) in [5.74, 6) is 0. The summed E-state index contributed by atoms with van der Waals surface area (Å²) in [5.41, 5.74) is 8.20. The van der Waals surface area contributed by atoms with Crippen LogP contribution in [-0.2, 0) is 6.42 Å². The molecule has 0 heteroatoms. The first-order valence-electron chi connectivity index (χ1n) is 12.1. The van der Waals surface area contributed by atoms with Gasteiger partial charge in [0.15, 0.2) is 0 Å². The maximum atomic E-state index is 2.45. The van der Waals surface area contributed by atoms with Crippen LogP contribution in [0.2, 0.25) is 0 Å². The van der Waals surface area contributed by atoms with Gasteiger partial charge in [0, 0.05) is 0 Å². The molecule has 0 aromatic heterocycles. The fourth-order valence-electron chi connectivity index (χ4n) is 5.87. The second kappa shape index (κ2) is 7.71. The Morgan fingerprint density at radius 1 is 0.412 bits per heavy atom. The van der Waals surface area contributed by atoms with Gasteiger partial charge in [-0.2, -0.15) is 0 Å². The van der Waals surface area contributed by atoms with Gasteiger partial charge in [-0.05, 0) is 78.5 Å². The predicted octanol–water partition coefficient (Wildman–Crippen LogP) is 9.19. The van der Waals surface area contributed by atoms with Gasteiger partial charge in [0.1, 0.15) is 0 Å². The zero-order chi connectivity index (χ0) is 22.5. The van der Waals surface area contributed by atoms with Crippen molar-refractivity contribution >= 4 is 37.9 Å². The number of aryl methyl sites for hydroxylation is 1. The molecule has 0 bridgehead atoms. The molecule has 0 atom stereocenters. The lowest BCUT2D eigenvalue weighted by molar-refractivity contribution is 0.978. The van der Waals surface area contributed by atoms with Gasteiger partial charge >= 0.3 is 0 Å². The van der Waals surface area contributed by atoms with Crippen LogP contribution >= 0.6 is 0 Å². The Morgan fingerprint density at radius 2 is 0.941 bits per heavy atom. The number of hydrogen-bond donors (Lipinski definition) is 0. The monoisotopic (exact) mass is 432 g/mol. The van der Waals surface area contributed by atoms with Crippen LogP contribution < -0.4 is 0 Å². The van der Waals surface area contributed by atoms with Gasteiger partial charge in [-0.15, -0.1) is 0 Å². The maximum Gasteiger partial charge on any atom is -0.00201 e. The van der Waals surface area contributed by atoms with Crippen molar-refractivity contribution in [2.45, 2.75) is 12.8 Å². The van der Waals surface area contributed by atoms with E-state index in [0.29, 0.717) is 0 Å². The molecule has 0 saturated carbocycles. The van der Waals surface area contributed by atoms with Crippen LogP contribution in [-0.4, -0.2) is 0 Å². The fourth-order valence-corrected chi connectivity index (χ4v) is 5.87. The molecule has 160 valence electrons. The van der Waals surface area contributed by atoms with E-state index in [1.165, 1.54) is 65.7 Å². The van der Waals surface area contributed by atoms with Gasteiger partial charge in [0.05, 0.1) is 0 Å². The van der Waals surface area contributed by atoms with Crippen LogP contribution in [0.3, 0.4) is 0 Å². The molecule has 0 aliphatic heterocycles. The molecule has 34 heavy (non-hydrogen) atoms. The lowest BCUT2D eigenvalue weighted by Gasteiger charge is -2.23. The van der Waals surface area contributed by atoms with Gasteiger partial charge in [-0.1, -0.05) is 121 Å². The van der Waals surface area contributed by atoms with E-state index >= 15 is 0 Å². The summed E-state index contributed by atoms with van der Waals surface area (Å²) in [7, 11) is 0. The molecule has 0 heterocycles. The lowest BCUT2D eigenvalue weighted by Crippen LogP contribution is -2.02. The molecule has 0 unspecified atom stereocenters. The van der Waals surface area contributed by atoms with Crippen LogP contribution in [0, 0.1) is 0 Å². The molecule has 1 aliphatic rings. The zero-order valence-corrected chi connectivity index (χ0v) is 19.0. The van der Waals surface area contributed by atoms with Crippen molar-refractivity contribution in [2.24, 2.45) is 0 Å². The molecule has 0 saturated heterocycles. The number of hydrogen-bond acceptors (Lipinski definition) is 0. The van der Waals surface area contributed by atoms with E-state index in [4.69, 9.17) is 0 Å². The van der Waals surface area contributed by atoms with E-state index < -0.39 is 0 Å². The molecule has 0 amide bonds. The van der Waals surface area contributed by atoms with Gasteiger partial charge in [-0.3, -0.25) is 0 Å². The topological polar surface area (TPSA) is 0 Å². The summed E-state index contributed by atoms with van der Waals surface area (Å²) in [5, 5.41) is 7.86. The standard InChI is InChI=1S/C34H24/c1-3-15-25-23(11-1)13-9-21-27(25)33-29-17-5-7-19-31(29)34(32-20-8-6-18-30(32)33)28-22-10-14-24-12-2-4-16-26(24)28/h1-9,11-13,15-22H,10,14H2.